The average Bonchev–Trinajstić information content (AvgIpc) is 2.79. The Bertz CT molecular complexity index is 592. The maximum Gasteiger partial charge on any atom is 0.347 e. The molecule has 0 aromatic heterocycles. The maximum atomic E-state index is 11.7. The molecule has 1 fully saturated rings. The number of rotatable bonds is 6. The van der Waals surface area contributed by atoms with E-state index in [-0.39, 0.29) is 23.5 Å². The third-order valence-corrected chi connectivity index (χ3v) is 4.14. The lowest BCUT2D eigenvalue weighted by molar-refractivity contribution is -0.159. The van der Waals surface area contributed by atoms with Gasteiger partial charge in [0.15, 0.2) is 0 Å². The Balaban J connectivity index is 1.66. The highest BCUT2D eigenvalue weighted by molar-refractivity contribution is 8.00. The van der Waals surface area contributed by atoms with Gasteiger partial charge in [-0.15, -0.1) is 11.8 Å². The molecule has 2 atom stereocenters. The van der Waals surface area contributed by atoms with E-state index in [2.05, 4.69) is 5.32 Å². The SMILES string of the molecule is C[C@@H]1C[C@@H](OC(=O)CSCC(=O)Nc2ccc(Cl)cc2)C(=O)O1. The molecule has 1 aliphatic heterocycles. The van der Waals surface area contributed by atoms with Crippen molar-refractivity contribution in [1.82, 2.24) is 0 Å². The zero-order valence-corrected chi connectivity index (χ0v) is 14.0. The van der Waals surface area contributed by atoms with Crippen LogP contribution in [0.5, 0.6) is 0 Å². The van der Waals surface area contributed by atoms with Gasteiger partial charge >= 0.3 is 11.9 Å². The van der Waals surface area contributed by atoms with Gasteiger partial charge in [0.25, 0.3) is 0 Å². The molecule has 1 N–H and O–H groups in total. The first-order chi connectivity index (χ1) is 10.9. The van der Waals surface area contributed by atoms with E-state index in [1.54, 1.807) is 31.2 Å². The molecule has 1 aromatic rings. The second kappa shape index (κ2) is 8.21. The number of anilines is 1. The minimum absolute atomic E-state index is 0.00774. The van der Waals surface area contributed by atoms with Gasteiger partial charge in [-0.05, 0) is 31.2 Å². The van der Waals surface area contributed by atoms with Gasteiger partial charge in [-0.1, -0.05) is 11.6 Å². The number of cyclic esters (lactones) is 1. The topological polar surface area (TPSA) is 81.7 Å². The number of nitrogens with one attached hydrogen (secondary N) is 1. The summed E-state index contributed by atoms with van der Waals surface area (Å²) in [6.45, 7) is 1.74. The third kappa shape index (κ3) is 5.76. The van der Waals surface area contributed by atoms with Crippen molar-refractivity contribution >= 4 is 46.9 Å². The molecule has 0 radical (unpaired) electrons. The van der Waals surface area contributed by atoms with Crippen LogP contribution < -0.4 is 5.32 Å². The van der Waals surface area contributed by atoms with Crippen molar-refractivity contribution in [3.05, 3.63) is 29.3 Å². The second-order valence-corrected chi connectivity index (χ2v) is 6.43. The second-order valence-electron chi connectivity index (χ2n) is 5.01. The fourth-order valence-corrected chi connectivity index (χ4v) is 2.69. The standard InChI is InChI=1S/C15H16ClNO5S/c1-9-6-12(15(20)21-9)22-14(19)8-23-7-13(18)17-11-4-2-10(16)3-5-11/h2-5,9,12H,6-8H2,1H3,(H,17,18)/t9-,12-/m1/s1. The van der Waals surface area contributed by atoms with Crippen molar-refractivity contribution < 1.29 is 23.9 Å². The van der Waals surface area contributed by atoms with Crippen LogP contribution in [-0.2, 0) is 23.9 Å². The highest BCUT2D eigenvalue weighted by Crippen LogP contribution is 2.18. The predicted molar refractivity (Wildman–Crippen MR) is 87.5 cm³/mol. The molecule has 0 spiro atoms. The van der Waals surface area contributed by atoms with Gasteiger partial charge in [0.1, 0.15) is 6.10 Å². The zero-order valence-electron chi connectivity index (χ0n) is 12.4. The lowest BCUT2D eigenvalue weighted by atomic mass is 10.2. The van der Waals surface area contributed by atoms with Gasteiger partial charge in [0.05, 0.1) is 11.5 Å². The molecule has 1 heterocycles. The highest BCUT2D eigenvalue weighted by atomic mass is 35.5. The lowest BCUT2D eigenvalue weighted by Crippen LogP contribution is -2.24. The van der Waals surface area contributed by atoms with Crippen LogP contribution in [0, 0.1) is 0 Å². The summed E-state index contributed by atoms with van der Waals surface area (Å²) >= 11 is 6.87. The number of carbonyl (C=O) groups is 3. The van der Waals surface area contributed by atoms with Crippen LogP contribution >= 0.6 is 23.4 Å². The summed E-state index contributed by atoms with van der Waals surface area (Å²) in [5, 5.41) is 3.27. The van der Waals surface area contributed by atoms with Gasteiger partial charge in [0, 0.05) is 17.1 Å². The molecule has 0 unspecified atom stereocenters. The first kappa shape index (κ1) is 17.6. The van der Waals surface area contributed by atoms with Crippen molar-refractivity contribution in [2.45, 2.75) is 25.6 Å². The molecule has 0 saturated carbocycles. The molecule has 6 nitrogen and oxygen atoms in total. The van der Waals surface area contributed by atoms with E-state index in [1.807, 2.05) is 0 Å². The first-order valence-corrected chi connectivity index (χ1v) is 8.50. The van der Waals surface area contributed by atoms with Crippen LogP contribution in [-0.4, -0.2) is 41.6 Å². The van der Waals surface area contributed by atoms with Crippen molar-refractivity contribution in [2.75, 3.05) is 16.8 Å². The summed E-state index contributed by atoms with van der Waals surface area (Å²) in [6, 6.07) is 6.71. The molecule has 8 heteroatoms. The first-order valence-electron chi connectivity index (χ1n) is 6.97. The summed E-state index contributed by atoms with van der Waals surface area (Å²) in [5.74, 6) is -1.20. The number of hydrogen-bond donors (Lipinski definition) is 1. The van der Waals surface area contributed by atoms with Crippen LogP contribution in [0.4, 0.5) is 5.69 Å². The maximum absolute atomic E-state index is 11.7. The Labute approximate surface area is 142 Å². The largest absolute Gasteiger partial charge is 0.460 e. The highest BCUT2D eigenvalue weighted by Gasteiger charge is 2.34. The minimum atomic E-state index is -0.832. The summed E-state index contributed by atoms with van der Waals surface area (Å²) in [4.78, 5) is 34.7. The number of amides is 1. The van der Waals surface area contributed by atoms with Gasteiger partial charge < -0.3 is 14.8 Å². The molecule has 0 bridgehead atoms. The van der Waals surface area contributed by atoms with Crippen LogP contribution in [0.15, 0.2) is 24.3 Å². The summed E-state index contributed by atoms with van der Waals surface area (Å²) in [5.41, 5.74) is 0.630. The Kier molecular flexibility index (Phi) is 6.29. The molecule has 1 saturated heterocycles. The average molecular weight is 358 g/mol. The van der Waals surface area contributed by atoms with E-state index in [0.717, 1.165) is 11.8 Å². The van der Waals surface area contributed by atoms with E-state index >= 15 is 0 Å². The number of esters is 2. The molecule has 23 heavy (non-hydrogen) atoms. The summed E-state index contributed by atoms with van der Waals surface area (Å²) in [6.07, 6.45) is -0.703. The van der Waals surface area contributed by atoms with E-state index < -0.39 is 18.0 Å². The Morgan fingerprint density at radius 3 is 2.65 bits per heavy atom. The number of hydrogen-bond acceptors (Lipinski definition) is 6. The number of halogens is 1. The summed E-state index contributed by atoms with van der Waals surface area (Å²) < 4.78 is 9.92. The number of benzene rings is 1. The molecule has 2 rings (SSSR count). The Morgan fingerprint density at radius 1 is 1.35 bits per heavy atom. The zero-order chi connectivity index (χ0) is 16.8. The van der Waals surface area contributed by atoms with Crippen molar-refractivity contribution in [3.63, 3.8) is 0 Å². The van der Waals surface area contributed by atoms with E-state index in [0.29, 0.717) is 17.1 Å². The number of carbonyl (C=O) groups excluding carboxylic acids is 3. The normalized spacial score (nSPS) is 20.0. The quantitative estimate of drug-likeness (QED) is 0.786. The van der Waals surface area contributed by atoms with E-state index in [9.17, 15) is 14.4 Å². The molecule has 0 aliphatic carbocycles. The molecule has 124 valence electrons. The number of ether oxygens (including phenoxy) is 2. The monoisotopic (exact) mass is 357 g/mol. The van der Waals surface area contributed by atoms with Gasteiger partial charge in [-0.25, -0.2) is 4.79 Å². The van der Waals surface area contributed by atoms with Crippen molar-refractivity contribution in [3.8, 4) is 0 Å². The molecular formula is C15H16ClNO5S. The van der Waals surface area contributed by atoms with Crippen molar-refractivity contribution in [2.24, 2.45) is 0 Å². The Hall–Kier alpha value is -1.73. The van der Waals surface area contributed by atoms with Crippen LogP contribution in [0.1, 0.15) is 13.3 Å². The van der Waals surface area contributed by atoms with E-state index in [1.165, 1.54) is 0 Å². The van der Waals surface area contributed by atoms with Crippen LogP contribution in [0.2, 0.25) is 5.02 Å². The molecular weight excluding hydrogens is 342 g/mol. The Morgan fingerprint density at radius 2 is 2.04 bits per heavy atom. The van der Waals surface area contributed by atoms with E-state index in [4.69, 9.17) is 21.1 Å². The van der Waals surface area contributed by atoms with Crippen molar-refractivity contribution in [1.29, 1.82) is 0 Å². The molecule has 1 amide bonds. The molecule has 1 aromatic carbocycles. The smallest absolute Gasteiger partial charge is 0.347 e. The van der Waals surface area contributed by atoms with Crippen LogP contribution in [0.25, 0.3) is 0 Å². The summed E-state index contributed by atoms with van der Waals surface area (Å²) in [7, 11) is 0. The van der Waals surface area contributed by atoms with Crippen LogP contribution in [0.3, 0.4) is 0 Å². The minimum Gasteiger partial charge on any atom is -0.460 e. The third-order valence-electron chi connectivity index (χ3n) is 2.98. The van der Waals surface area contributed by atoms with Gasteiger partial charge in [0.2, 0.25) is 12.0 Å². The van der Waals surface area contributed by atoms with Gasteiger partial charge in [-0.3, -0.25) is 9.59 Å². The van der Waals surface area contributed by atoms with Gasteiger partial charge in [-0.2, -0.15) is 0 Å². The molecule has 1 aliphatic rings. The number of thioether (sulfide) groups is 1. The predicted octanol–water partition coefficient (Wildman–Crippen LogP) is 2.26. The fourth-order valence-electron chi connectivity index (χ4n) is 1.97. The lowest BCUT2D eigenvalue weighted by Gasteiger charge is -2.08. The fraction of sp³-hybridized carbons (Fsp3) is 0.400.